The van der Waals surface area contributed by atoms with E-state index in [0.29, 0.717) is 13.1 Å². The summed E-state index contributed by atoms with van der Waals surface area (Å²) in [6.45, 7) is 7.70. The van der Waals surface area contributed by atoms with Gasteiger partial charge in [-0.2, -0.15) is 0 Å². The van der Waals surface area contributed by atoms with E-state index >= 15 is 0 Å². The zero-order valence-corrected chi connectivity index (χ0v) is 11.2. The maximum atomic E-state index is 10.7. The van der Waals surface area contributed by atoms with Gasteiger partial charge in [-0.3, -0.25) is 4.79 Å². The van der Waals surface area contributed by atoms with E-state index < -0.39 is 0 Å². The average Bonchev–Trinajstić information content (AvgIpc) is 2.34. The van der Waals surface area contributed by atoms with Crippen LogP contribution in [0.25, 0.3) is 0 Å². The number of carbonyl (C=O) groups excluding carboxylic acids is 1. The molecule has 6 heteroatoms. The first-order valence-corrected chi connectivity index (χ1v) is 6.19. The second-order valence-electron chi connectivity index (χ2n) is 4.03. The van der Waals surface area contributed by atoms with Gasteiger partial charge in [0.2, 0.25) is 5.91 Å². The molecule has 0 bridgehead atoms. The Bertz CT molecular complexity index is 394. The van der Waals surface area contributed by atoms with Crippen LogP contribution in [0.1, 0.15) is 25.8 Å². The molecule has 0 aliphatic rings. The van der Waals surface area contributed by atoms with Crippen molar-refractivity contribution in [3.05, 3.63) is 11.9 Å². The highest BCUT2D eigenvalue weighted by Crippen LogP contribution is 2.17. The number of rotatable bonds is 7. The monoisotopic (exact) mass is 251 g/mol. The highest BCUT2D eigenvalue weighted by molar-refractivity contribution is 5.72. The third-order valence-electron chi connectivity index (χ3n) is 2.42. The lowest BCUT2D eigenvalue weighted by Gasteiger charge is -2.12. The molecule has 0 aromatic carbocycles. The Labute approximate surface area is 108 Å². The van der Waals surface area contributed by atoms with Crippen LogP contribution in [-0.4, -0.2) is 35.5 Å². The van der Waals surface area contributed by atoms with E-state index in [0.717, 1.165) is 30.2 Å². The Balaban J connectivity index is 2.52. The van der Waals surface area contributed by atoms with Crippen molar-refractivity contribution in [2.45, 2.75) is 27.2 Å². The van der Waals surface area contributed by atoms with Crippen LogP contribution < -0.4 is 16.0 Å². The Morgan fingerprint density at radius 2 is 1.78 bits per heavy atom. The number of hydrogen-bond acceptors (Lipinski definition) is 5. The molecule has 1 heterocycles. The lowest BCUT2D eigenvalue weighted by atomic mass is 10.3. The van der Waals surface area contributed by atoms with E-state index in [1.54, 1.807) is 0 Å². The number of carbonyl (C=O) groups is 1. The van der Waals surface area contributed by atoms with Crippen LogP contribution in [0.2, 0.25) is 0 Å². The van der Waals surface area contributed by atoms with E-state index in [-0.39, 0.29) is 5.91 Å². The van der Waals surface area contributed by atoms with E-state index in [4.69, 9.17) is 0 Å². The average molecular weight is 251 g/mol. The fourth-order valence-corrected chi connectivity index (χ4v) is 1.47. The van der Waals surface area contributed by atoms with Crippen LogP contribution in [0, 0.1) is 6.92 Å². The predicted octanol–water partition coefficient (Wildman–Crippen LogP) is 1.15. The lowest BCUT2D eigenvalue weighted by Crippen LogP contribution is -2.26. The summed E-state index contributed by atoms with van der Waals surface area (Å²) in [6, 6.07) is 0. The molecular formula is C12H21N5O. The van der Waals surface area contributed by atoms with Gasteiger partial charge >= 0.3 is 0 Å². The molecule has 3 N–H and O–H groups in total. The molecule has 0 fully saturated rings. The molecule has 0 atom stereocenters. The number of hydrogen-bond donors (Lipinski definition) is 3. The Hall–Kier alpha value is -1.85. The summed E-state index contributed by atoms with van der Waals surface area (Å²) in [4.78, 5) is 19.1. The lowest BCUT2D eigenvalue weighted by molar-refractivity contribution is -0.118. The molecule has 0 aliphatic carbocycles. The topological polar surface area (TPSA) is 78.9 Å². The number of anilines is 2. The highest BCUT2D eigenvalue weighted by Gasteiger charge is 2.05. The molecule has 0 radical (unpaired) electrons. The first-order valence-electron chi connectivity index (χ1n) is 6.19. The molecule has 0 aliphatic heterocycles. The second kappa shape index (κ2) is 7.47. The van der Waals surface area contributed by atoms with Crippen LogP contribution in [-0.2, 0) is 4.79 Å². The molecule has 6 nitrogen and oxygen atoms in total. The molecule has 100 valence electrons. The Morgan fingerprint density at radius 3 is 2.33 bits per heavy atom. The summed E-state index contributed by atoms with van der Waals surface area (Å²) in [5, 5.41) is 9.15. The zero-order valence-electron chi connectivity index (χ0n) is 11.2. The molecule has 0 saturated heterocycles. The summed E-state index contributed by atoms with van der Waals surface area (Å²) in [5.41, 5.74) is 0.994. The van der Waals surface area contributed by atoms with Crippen LogP contribution in [0.4, 0.5) is 11.6 Å². The van der Waals surface area contributed by atoms with E-state index in [1.165, 1.54) is 13.3 Å². The number of nitrogens with zero attached hydrogens (tertiary/aromatic N) is 2. The summed E-state index contributed by atoms with van der Waals surface area (Å²) >= 11 is 0. The largest absolute Gasteiger partial charge is 0.370 e. The molecule has 1 amide bonds. The minimum atomic E-state index is -0.0264. The molecule has 0 unspecified atom stereocenters. The van der Waals surface area contributed by atoms with Crippen molar-refractivity contribution >= 4 is 17.5 Å². The molecule has 0 saturated carbocycles. The van der Waals surface area contributed by atoms with Crippen LogP contribution >= 0.6 is 0 Å². The van der Waals surface area contributed by atoms with Gasteiger partial charge in [0.05, 0.1) is 0 Å². The Kier molecular flexibility index (Phi) is 5.90. The van der Waals surface area contributed by atoms with Gasteiger partial charge in [-0.25, -0.2) is 9.97 Å². The summed E-state index contributed by atoms with van der Waals surface area (Å²) in [7, 11) is 0. The van der Waals surface area contributed by atoms with Gasteiger partial charge in [-0.15, -0.1) is 0 Å². The maximum absolute atomic E-state index is 10.7. The van der Waals surface area contributed by atoms with Gasteiger partial charge in [0.15, 0.2) is 0 Å². The van der Waals surface area contributed by atoms with Crippen molar-refractivity contribution in [3.63, 3.8) is 0 Å². The Morgan fingerprint density at radius 1 is 1.17 bits per heavy atom. The number of aromatic nitrogens is 2. The number of amides is 1. The smallest absolute Gasteiger partial charge is 0.216 e. The third kappa shape index (κ3) is 4.57. The molecule has 1 aromatic rings. The first-order chi connectivity index (χ1) is 8.65. The normalized spacial score (nSPS) is 9.94. The summed E-state index contributed by atoms with van der Waals surface area (Å²) in [6.07, 6.45) is 2.58. The van der Waals surface area contributed by atoms with Gasteiger partial charge in [-0.1, -0.05) is 6.92 Å². The fourth-order valence-electron chi connectivity index (χ4n) is 1.47. The number of nitrogens with one attached hydrogen (secondary N) is 3. The van der Waals surface area contributed by atoms with Gasteiger partial charge in [0, 0.05) is 32.1 Å². The van der Waals surface area contributed by atoms with Crippen LogP contribution in [0.3, 0.4) is 0 Å². The maximum Gasteiger partial charge on any atom is 0.216 e. The SMILES string of the molecule is CCCNc1ncnc(NCCNC(C)=O)c1C. The van der Waals surface area contributed by atoms with Gasteiger partial charge < -0.3 is 16.0 Å². The van der Waals surface area contributed by atoms with Crippen LogP contribution in [0.5, 0.6) is 0 Å². The van der Waals surface area contributed by atoms with Crippen molar-refractivity contribution in [2.24, 2.45) is 0 Å². The van der Waals surface area contributed by atoms with E-state index in [9.17, 15) is 4.79 Å². The van der Waals surface area contributed by atoms with Gasteiger partial charge in [0.25, 0.3) is 0 Å². The van der Waals surface area contributed by atoms with E-state index in [1.807, 2.05) is 6.92 Å². The quantitative estimate of drug-likeness (QED) is 0.634. The minimum absolute atomic E-state index is 0.0264. The molecule has 1 rings (SSSR count). The van der Waals surface area contributed by atoms with Crippen LogP contribution in [0.15, 0.2) is 6.33 Å². The van der Waals surface area contributed by atoms with Gasteiger partial charge in [0.1, 0.15) is 18.0 Å². The first kappa shape index (κ1) is 14.2. The molecule has 0 spiro atoms. The third-order valence-corrected chi connectivity index (χ3v) is 2.42. The van der Waals surface area contributed by atoms with Crippen molar-refractivity contribution < 1.29 is 4.79 Å². The van der Waals surface area contributed by atoms with Crippen molar-refractivity contribution in [1.29, 1.82) is 0 Å². The summed E-state index contributed by atoms with van der Waals surface area (Å²) in [5.74, 6) is 1.63. The van der Waals surface area contributed by atoms with E-state index in [2.05, 4.69) is 32.8 Å². The minimum Gasteiger partial charge on any atom is -0.370 e. The van der Waals surface area contributed by atoms with Crippen molar-refractivity contribution in [1.82, 2.24) is 15.3 Å². The standard InChI is InChI=1S/C12H21N5O/c1-4-5-14-11-9(2)12(17-8-16-11)15-7-6-13-10(3)18/h8H,4-7H2,1-3H3,(H,13,18)(H2,14,15,16,17). The van der Waals surface area contributed by atoms with Crippen molar-refractivity contribution in [2.75, 3.05) is 30.3 Å². The highest BCUT2D eigenvalue weighted by atomic mass is 16.1. The second-order valence-corrected chi connectivity index (χ2v) is 4.03. The summed E-state index contributed by atoms with van der Waals surface area (Å²) < 4.78 is 0. The molecule has 1 aromatic heterocycles. The van der Waals surface area contributed by atoms with Gasteiger partial charge in [-0.05, 0) is 13.3 Å². The fraction of sp³-hybridized carbons (Fsp3) is 0.583. The molecule has 18 heavy (non-hydrogen) atoms. The predicted molar refractivity (Wildman–Crippen MR) is 72.7 cm³/mol. The molecular weight excluding hydrogens is 230 g/mol. The van der Waals surface area contributed by atoms with Crippen molar-refractivity contribution in [3.8, 4) is 0 Å². The zero-order chi connectivity index (χ0) is 13.4.